The van der Waals surface area contributed by atoms with E-state index < -0.39 is 0 Å². The minimum atomic E-state index is -0.290. The molecule has 6 N–H and O–H groups in total. The van der Waals surface area contributed by atoms with Crippen LogP contribution in [0.1, 0.15) is 43.2 Å². The Kier molecular flexibility index (Phi) is 7.16. The number of amidine groups is 1. The molecule has 0 saturated heterocycles. The number of anilines is 2. The van der Waals surface area contributed by atoms with Crippen LogP contribution < -0.4 is 21.6 Å². The maximum absolute atomic E-state index is 12.5. The van der Waals surface area contributed by atoms with E-state index in [1.165, 1.54) is 25.5 Å². The summed E-state index contributed by atoms with van der Waals surface area (Å²) in [4.78, 5) is 15.1. The Bertz CT molecular complexity index is 929. The average Bonchev–Trinajstić information content (AvgIpc) is 2.72. The number of nitrogens with zero attached hydrogens (tertiary/aromatic N) is 1. The van der Waals surface area contributed by atoms with E-state index in [0.717, 1.165) is 30.3 Å². The van der Waals surface area contributed by atoms with Crippen LogP contribution in [0.25, 0.3) is 0 Å². The minimum Gasteiger partial charge on any atom is -0.382 e. The van der Waals surface area contributed by atoms with Crippen molar-refractivity contribution in [3.8, 4) is 0 Å². The Morgan fingerprint density at radius 2 is 2.07 bits per heavy atom. The lowest BCUT2D eigenvalue weighted by Gasteiger charge is -2.25. The number of hydrazone groups is 1. The molecule has 1 aromatic heterocycles. The summed E-state index contributed by atoms with van der Waals surface area (Å²) in [5.41, 5.74) is 5.25. The zero-order chi connectivity index (χ0) is 20.5. The van der Waals surface area contributed by atoms with E-state index in [9.17, 15) is 4.79 Å². The number of rotatable bonds is 8. The molecule has 0 aliphatic heterocycles. The first-order valence-electron chi connectivity index (χ1n) is 9.85. The summed E-state index contributed by atoms with van der Waals surface area (Å²) in [5, 5.41) is 25.8. The number of hydrogen-bond donors (Lipinski definition) is 6. The molecule has 1 heterocycles. The van der Waals surface area contributed by atoms with Gasteiger partial charge in [0.15, 0.2) is 0 Å². The van der Waals surface area contributed by atoms with Crippen molar-refractivity contribution in [1.29, 1.82) is 10.8 Å². The summed E-state index contributed by atoms with van der Waals surface area (Å²) < 4.78 is 0. The van der Waals surface area contributed by atoms with Gasteiger partial charge in [0.1, 0.15) is 11.4 Å². The van der Waals surface area contributed by atoms with Gasteiger partial charge in [-0.3, -0.25) is 10.2 Å². The molecule has 8 heteroatoms. The summed E-state index contributed by atoms with van der Waals surface area (Å²) in [6.45, 7) is 0.494. The summed E-state index contributed by atoms with van der Waals surface area (Å²) >= 11 is 0. The third-order valence-corrected chi connectivity index (χ3v) is 4.90. The van der Waals surface area contributed by atoms with Gasteiger partial charge in [-0.05, 0) is 36.6 Å². The first kappa shape index (κ1) is 20.3. The van der Waals surface area contributed by atoms with E-state index in [2.05, 4.69) is 26.1 Å². The second-order valence-electron chi connectivity index (χ2n) is 7.05. The number of aromatic nitrogens is 1. The predicted molar refractivity (Wildman–Crippen MR) is 119 cm³/mol. The van der Waals surface area contributed by atoms with Crippen LogP contribution in [-0.4, -0.2) is 29.3 Å². The van der Waals surface area contributed by atoms with Crippen LogP contribution in [0.5, 0.6) is 0 Å². The lowest BCUT2D eigenvalue weighted by Crippen LogP contribution is -2.29. The smallest absolute Gasteiger partial charge is 0.261 e. The molecule has 1 fully saturated rings. The van der Waals surface area contributed by atoms with Crippen molar-refractivity contribution < 1.29 is 0 Å². The van der Waals surface area contributed by atoms with Crippen LogP contribution in [0.4, 0.5) is 11.4 Å². The monoisotopic (exact) mass is 393 g/mol. The van der Waals surface area contributed by atoms with Gasteiger partial charge in [0.05, 0.1) is 18.4 Å². The Morgan fingerprint density at radius 3 is 2.86 bits per heavy atom. The quantitative estimate of drug-likeness (QED) is 0.233. The molecule has 1 saturated carbocycles. The number of hydrogen-bond acceptors (Lipinski definition) is 6. The molecule has 1 aliphatic rings. The van der Waals surface area contributed by atoms with Gasteiger partial charge < -0.3 is 26.5 Å². The Morgan fingerprint density at radius 1 is 1.24 bits per heavy atom. The summed E-state index contributed by atoms with van der Waals surface area (Å²) in [7, 11) is 0. The number of nitrogens with one attached hydrogen (secondary N) is 6. The minimum absolute atomic E-state index is 0.0529. The zero-order valence-corrected chi connectivity index (χ0v) is 16.3. The highest BCUT2D eigenvalue weighted by Gasteiger charge is 2.18. The van der Waals surface area contributed by atoms with Crippen LogP contribution in [-0.2, 0) is 6.54 Å². The standard InChI is InChI=1S/C21H27N7O/c22-10-12-25-26-14-15-5-4-8-17(13-15)28-20(23)19-18(9-11-24-21(19)29)27-16-6-2-1-3-7-16/h4-5,8-13,16,22,26H,1-3,6-7,14H2,(H2,23,28)(H2,24,27,29)/b22-10?,25-12-. The molecule has 0 spiro atoms. The van der Waals surface area contributed by atoms with Gasteiger partial charge in [0.2, 0.25) is 0 Å². The fraction of sp³-hybridized carbons (Fsp3) is 0.333. The van der Waals surface area contributed by atoms with Gasteiger partial charge in [-0.25, -0.2) is 0 Å². The maximum Gasteiger partial charge on any atom is 0.261 e. The van der Waals surface area contributed by atoms with Crippen LogP contribution in [0.3, 0.4) is 0 Å². The molecular weight excluding hydrogens is 366 g/mol. The molecule has 2 aromatic rings. The molecule has 1 aliphatic carbocycles. The Balaban J connectivity index is 1.72. The van der Waals surface area contributed by atoms with Gasteiger partial charge in [-0.15, -0.1) is 0 Å². The SMILES string of the molecule is N=C/C=N\NCc1cccc(NC(=N)c2c(NC3CCCCC3)cc[nH]c2=O)c1. The molecule has 1 aromatic carbocycles. The van der Waals surface area contributed by atoms with Crippen molar-refractivity contribution in [2.45, 2.75) is 44.7 Å². The molecule has 0 atom stereocenters. The third-order valence-electron chi connectivity index (χ3n) is 4.90. The van der Waals surface area contributed by atoms with Gasteiger partial charge >= 0.3 is 0 Å². The molecule has 0 amide bonds. The highest BCUT2D eigenvalue weighted by molar-refractivity contribution is 6.14. The zero-order valence-electron chi connectivity index (χ0n) is 16.3. The first-order chi connectivity index (χ1) is 14.2. The van der Waals surface area contributed by atoms with Gasteiger partial charge in [-0.1, -0.05) is 31.4 Å². The molecule has 0 bridgehead atoms. The van der Waals surface area contributed by atoms with Gasteiger partial charge in [-0.2, -0.15) is 5.10 Å². The molecule has 0 radical (unpaired) electrons. The maximum atomic E-state index is 12.5. The highest BCUT2D eigenvalue weighted by Crippen LogP contribution is 2.23. The molecule has 29 heavy (non-hydrogen) atoms. The highest BCUT2D eigenvalue weighted by atomic mass is 16.1. The van der Waals surface area contributed by atoms with Crippen molar-refractivity contribution in [2.75, 3.05) is 10.6 Å². The van der Waals surface area contributed by atoms with Crippen LogP contribution in [0.2, 0.25) is 0 Å². The summed E-state index contributed by atoms with van der Waals surface area (Å²) in [5.74, 6) is 0.0529. The predicted octanol–water partition coefficient (Wildman–Crippen LogP) is 3.28. The fourth-order valence-corrected chi connectivity index (χ4v) is 3.51. The third kappa shape index (κ3) is 5.78. The molecule has 0 unspecified atom stereocenters. The fourth-order valence-electron chi connectivity index (χ4n) is 3.51. The van der Waals surface area contributed by atoms with Gasteiger partial charge in [0.25, 0.3) is 5.56 Å². The van der Waals surface area contributed by atoms with Crippen LogP contribution >= 0.6 is 0 Å². The second kappa shape index (κ2) is 10.2. The lowest BCUT2D eigenvalue weighted by atomic mass is 9.95. The normalized spacial score (nSPS) is 14.5. The van der Waals surface area contributed by atoms with Gasteiger partial charge in [0, 0.05) is 24.1 Å². The molecule has 152 valence electrons. The van der Waals surface area contributed by atoms with E-state index in [-0.39, 0.29) is 11.4 Å². The first-order valence-corrected chi connectivity index (χ1v) is 9.85. The lowest BCUT2D eigenvalue weighted by molar-refractivity contribution is 0.462. The Labute approximate surface area is 169 Å². The van der Waals surface area contributed by atoms with Crippen LogP contribution in [0.15, 0.2) is 46.4 Å². The average molecular weight is 393 g/mol. The number of pyridine rings is 1. The van der Waals surface area contributed by atoms with Crippen molar-refractivity contribution in [3.05, 3.63) is 58.0 Å². The summed E-state index contributed by atoms with van der Waals surface area (Å²) in [6, 6.07) is 9.73. The molecule has 8 nitrogen and oxygen atoms in total. The van der Waals surface area contributed by atoms with Crippen molar-refractivity contribution in [1.82, 2.24) is 10.4 Å². The van der Waals surface area contributed by atoms with E-state index in [1.54, 1.807) is 6.20 Å². The Hall–Kier alpha value is -3.42. The van der Waals surface area contributed by atoms with E-state index >= 15 is 0 Å². The number of benzene rings is 1. The number of H-pyrrole nitrogens is 1. The van der Waals surface area contributed by atoms with Crippen molar-refractivity contribution >= 4 is 29.6 Å². The second-order valence-corrected chi connectivity index (χ2v) is 7.05. The molecular formula is C21H27N7O. The van der Waals surface area contributed by atoms with Crippen molar-refractivity contribution in [2.24, 2.45) is 5.10 Å². The molecule has 3 rings (SSSR count). The van der Waals surface area contributed by atoms with E-state index in [1.807, 2.05) is 30.3 Å². The topological polar surface area (TPSA) is 129 Å². The van der Waals surface area contributed by atoms with Crippen LogP contribution in [0, 0.1) is 10.8 Å². The van der Waals surface area contributed by atoms with E-state index in [0.29, 0.717) is 23.8 Å². The summed E-state index contributed by atoms with van der Waals surface area (Å²) in [6.07, 6.45) is 9.89. The van der Waals surface area contributed by atoms with E-state index in [4.69, 9.17) is 10.8 Å². The van der Waals surface area contributed by atoms with Crippen molar-refractivity contribution in [3.63, 3.8) is 0 Å². The largest absolute Gasteiger partial charge is 0.382 e. The number of aromatic amines is 1.